The van der Waals surface area contributed by atoms with E-state index in [9.17, 15) is 9.59 Å². The number of carbonyl (C=O) groups excluding carboxylic acids is 2. The molecule has 0 spiro atoms. The highest BCUT2D eigenvalue weighted by Gasteiger charge is 2.33. The summed E-state index contributed by atoms with van der Waals surface area (Å²) in [5, 5.41) is 3.01. The summed E-state index contributed by atoms with van der Waals surface area (Å²) in [6.07, 6.45) is 3.86. The van der Waals surface area contributed by atoms with Crippen LogP contribution in [0.25, 0.3) is 0 Å². The number of rotatable bonds is 7. The smallest absolute Gasteiger partial charge is 0.242 e. The largest absolute Gasteiger partial charge is 0.354 e. The van der Waals surface area contributed by atoms with Gasteiger partial charge in [0, 0.05) is 13.1 Å². The van der Waals surface area contributed by atoms with Crippen LogP contribution in [0.2, 0.25) is 0 Å². The summed E-state index contributed by atoms with van der Waals surface area (Å²) in [7, 11) is 0. The lowest BCUT2D eigenvalue weighted by Crippen LogP contribution is -2.46. The molecule has 2 aromatic carbocycles. The lowest BCUT2D eigenvalue weighted by Gasteiger charge is -2.24. The van der Waals surface area contributed by atoms with E-state index in [1.807, 2.05) is 48.5 Å². The highest BCUT2D eigenvalue weighted by Crippen LogP contribution is 2.19. The normalized spacial score (nSPS) is 16.5. The lowest BCUT2D eigenvalue weighted by molar-refractivity contribution is -0.137. The second kappa shape index (κ2) is 9.18. The number of nitrogens with one attached hydrogen (secondary N) is 1. The van der Waals surface area contributed by atoms with Crippen LogP contribution in [0.15, 0.2) is 60.7 Å². The monoisotopic (exact) mass is 350 g/mol. The predicted molar refractivity (Wildman–Crippen MR) is 103 cm³/mol. The van der Waals surface area contributed by atoms with E-state index in [1.54, 1.807) is 4.90 Å². The number of amides is 2. The van der Waals surface area contributed by atoms with E-state index in [2.05, 4.69) is 17.4 Å². The number of hydrogen-bond donors (Lipinski definition) is 1. The standard InChI is InChI=1S/C22H26N2O2/c25-21(17-19-11-5-2-6-12-19)24-16-8-14-20(24)22(26)23-15-7-13-18-9-3-1-4-10-18/h1-6,9-12,20H,7-8,13-17H2,(H,23,26). The Labute approximate surface area is 155 Å². The van der Waals surface area contributed by atoms with Crippen molar-refractivity contribution in [2.75, 3.05) is 13.1 Å². The maximum atomic E-state index is 12.6. The first-order chi connectivity index (χ1) is 12.7. The molecule has 0 saturated carbocycles. The van der Waals surface area contributed by atoms with Gasteiger partial charge in [0.1, 0.15) is 6.04 Å². The molecule has 26 heavy (non-hydrogen) atoms. The Morgan fingerprint density at radius 1 is 0.962 bits per heavy atom. The van der Waals surface area contributed by atoms with Crippen molar-refractivity contribution in [2.45, 2.75) is 38.1 Å². The number of nitrogens with zero attached hydrogens (tertiary/aromatic N) is 1. The molecule has 4 heteroatoms. The molecule has 2 amide bonds. The van der Waals surface area contributed by atoms with Crippen molar-refractivity contribution in [3.05, 3.63) is 71.8 Å². The van der Waals surface area contributed by atoms with Gasteiger partial charge in [-0.25, -0.2) is 0 Å². The van der Waals surface area contributed by atoms with Crippen LogP contribution >= 0.6 is 0 Å². The summed E-state index contributed by atoms with van der Waals surface area (Å²) in [6, 6.07) is 19.7. The zero-order chi connectivity index (χ0) is 18.2. The minimum atomic E-state index is -0.317. The van der Waals surface area contributed by atoms with E-state index in [-0.39, 0.29) is 17.9 Å². The molecular formula is C22H26N2O2. The van der Waals surface area contributed by atoms with Gasteiger partial charge in [-0.2, -0.15) is 0 Å². The Balaban J connectivity index is 1.46. The zero-order valence-corrected chi connectivity index (χ0v) is 15.1. The number of benzene rings is 2. The summed E-state index contributed by atoms with van der Waals surface area (Å²) in [5.74, 6) is 0.0232. The highest BCUT2D eigenvalue weighted by atomic mass is 16.2. The quantitative estimate of drug-likeness (QED) is 0.781. The Hall–Kier alpha value is -2.62. The molecular weight excluding hydrogens is 324 g/mol. The molecule has 136 valence electrons. The molecule has 0 aliphatic carbocycles. The molecule has 1 aliphatic rings. The first kappa shape index (κ1) is 18.2. The topological polar surface area (TPSA) is 49.4 Å². The van der Waals surface area contributed by atoms with Gasteiger partial charge in [-0.1, -0.05) is 60.7 Å². The number of likely N-dealkylation sites (tertiary alicyclic amines) is 1. The van der Waals surface area contributed by atoms with Crippen molar-refractivity contribution < 1.29 is 9.59 Å². The van der Waals surface area contributed by atoms with Gasteiger partial charge in [0.15, 0.2) is 0 Å². The molecule has 1 unspecified atom stereocenters. The van der Waals surface area contributed by atoms with Gasteiger partial charge in [0.25, 0.3) is 0 Å². The molecule has 4 nitrogen and oxygen atoms in total. The third kappa shape index (κ3) is 4.94. The van der Waals surface area contributed by atoms with Gasteiger partial charge in [-0.3, -0.25) is 9.59 Å². The minimum absolute atomic E-state index is 0.0167. The van der Waals surface area contributed by atoms with Gasteiger partial charge in [-0.15, -0.1) is 0 Å². The fourth-order valence-electron chi connectivity index (χ4n) is 3.48. The Morgan fingerprint density at radius 2 is 1.62 bits per heavy atom. The summed E-state index contributed by atoms with van der Waals surface area (Å²) in [6.45, 7) is 1.32. The second-order valence-corrected chi connectivity index (χ2v) is 6.79. The highest BCUT2D eigenvalue weighted by molar-refractivity contribution is 5.89. The van der Waals surface area contributed by atoms with E-state index in [0.717, 1.165) is 31.2 Å². The molecule has 3 rings (SSSR count). The Kier molecular flexibility index (Phi) is 6.42. The molecule has 1 aliphatic heterocycles. The number of carbonyl (C=O) groups is 2. The van der Waals surface area contributed by atoms with Gasteiger partial charge in [0.2, 0.25) is 11.8 Å². The lowest BCUT2D eigenvalue weighted by atomic mass is 10.1. The third-order valence-electron chi connectivity index (χ3n) is 4.86. The molecule has 0 bridgehead atoms. The van der Waals surface area contributed by atoms with E-state index >= 15 is 0 Å². The Bertz CT molecular complexity index is 715. The molecule has 1 atom stereocenters. The van der Waals surface area contributed by atoms with Crippen LogP contribution < -0.4 is 5.32 Å². The Morgan fingerprint density at radius 3 is 2.31 bits per heavy atom. The van der Waals surface area contributed by atoms with Crippen molar-refractivity contribution in [3.63, 3.8) is 0 Å². The van der Waals surface area contributed by atoms with Gasteiger partial charge in [-0.05, 0) is 36.8 Å². The van der Waals surface area contributed by atoms with Crippen LogP contribution in [0.3, 0.4) is 0 Å². The molecule has 2 aromatic rings. The average Bonchev–Trinajstić information content (AvgIpc) is 3.17. The first-order valence-corrected chi connectivity index (χ1v) is 9.39. The fraction of sp³-hybridized carbons (Fsp3) is 0.364. The van der Waals surface area contributed by atoms with Crippen LogP contribution in [0.4, 0.5) is 0 Å². The fourth-order valence-corrected chi connectivity index (χ4v) is 3.48. The van der Waals surface area contributed by atoms with Crippen molar-refractivity contribution in [1.82, 2.24) is 10.2 Å². The average molecular weight is 350 g/mol. The molecule has 1 N–H and O–H groups in total. The van der Waals surface area contributed by atoms with Crippen LogP contribution in [-0.2, 0) is 22.4 Å². The molecule has 1 fully saturated rings. The molecule has 1 heterocycles. The van der Waals surface area contributed by atoms with Gasteiger partial charge in [0.05, 0.1) is 6.42 Å². The minimum Gasteiger partial charge on any atom is -0.354 e. The first-order valence-electron chi connectivity index (χ1n) is 9.39. The maximum Gasteiger partial charge on any atom is 0.242 e. The zero-order valence-electron chi connectivity index (χ0n) is 15.1. The molecule has 0 aromatic heterocycles. The molecule has 1 saturated heterocycles. The van der Waals surface area contributed by atoms with Crippen LogP contribution in [-0.4, -0.2) is 35.8 Å². The number of hydrogen-bond acceptors (Lipinski definition) is 2. The summed E-state index contributed by atoms with van der Waals surface area (Å²) in [4.78, 5) is 26.9. The van der Waals surface area contributed by atoms with E-state index in [0.29, 0.717) is 19.5 Å². The molecule has 0 radical (unpaired) electrons. The second-order valence-electron chi connectivity index (χ2n) is 6.79. The van der Waals surface area contributed by atoms with E-state index < -0.39 is 0 Å². The maximum absolute atomic E-state index is 12.6. The SMILES string of the molecule is O=C(NCCCc1ccccc1)C1CCCN1C(=O)Cc1ccccc1. The predicted octanol–water partition coefficient (Wildman–Crippen LogP) is 2.97. The van der Waals surface area contributed by atoms with Crippen LogP contribution in [0.1, 0.15) is 30.4 Å². The van der Waals surface area contributed by atoms with Gasteiger partial charge < -0.3 is 10.2 Å². The van der Waals surface area contributed by atoms with E-state index in [1.165, 1.54) is 5.56 Å². The van der Waals surface area contributed by atoms with Crippen molar-refractivity contribution in [1.29, 1.82) is 0 Å². The summed E-state index contributed by atoms with van der Waals surface area (Å²) in [5.41, 5.74) is 2.27. The van der Waals surface area contributed by atoms with Crippen molar-refractivity contribution in [3.8, 4) is 0 Å². The third-order valence-corrected chi connectivity index (χ3v) is 4.86. The van der Waals surface area contributed by atoms with Crippen molar-refractivity contribution >= 4 is 11.8 Å². The van der Waals surface area contributed by atoms with E-state index in [4.69, 9.17) is 0 Å². The summed E-state index contributed by atoms with van der Waals surface area (Å²) >= 11 is 0. The van der Waals surface area contributed by atoms with Crippen molar-refractivity contribution in [2.24, 2.45) is 0 Å². The summed E-state index contributed by atoms with van der Waals surface area (Å²) < 4.78 is 0. The number of aryl methyl sites for hydroxylation is 1. The van der Waals surface area contributed by atoms with Gasteiger partial charge >= 0.3 is 0 Å². The van der Waals surface area contributed by atoms with Crippen LogP contribution in [0, 0.1) is 0 Å². The van der Waals surface area contributed by atoms with Crippen LogP contribution in [0.5, 0.6) is 0 Å².